The first-order chi connectivity index (χ1) is 25.1. The lowest BCUT2D eigenvalue weighted by Gasteiger charge is -2.21. The number of hydrogen-bond donors (Lipinski definition) is 0. The maximum absolute atomic E-state index is 4.90. The van der Waals surface area contributed by atoms with Crippen LogP contribution in [0, 0.1) is 0 Å². The molecule has 7 aromatic carbocycles. The Balaban J connectivity index is 1.11. The molecule has 0 saturated heterocycles. The number of aromatic nitrogens is 2. The van der Waals surface area contributed by atoms with E-state index < -0.39 is 0 Å². The highest BCUT2D eigenvalue weighted by Crippen LogP contribution is 2.39. The molecule has 2 heteroatoms. The average Bonchev–Trinajstić information content (AvgIpc) is 3.54. The molecule has 0 radical (unpaired) electrons. The number of nitrogens with zero attached hydrogens (tertiary/aromatic N) is 2. The van der Waals surface area contributed by atoms with Crippen LogP contribution in [0.25, 0.3) is 60.7 Å². The first-order valence-corrected chi connectivity index (χ1v) is 17.5. The van der Waals surface area contributed by atoms with Crippen molar-refractivity contribution in [2.45, 2.75) is 6.42 Å². The highest BCUT2D eigenvalue weighted by atomic mass is 15.1. The van der Waals surface area contributed by atoms with Crippen molar-refractivity contribution in [3.05, 3.63) is 216 Å². The van der Waals surface area contributed by atoms with Gasteiger partial charge in [0.1, 0.15) is 5.82 Å². The van der Waals surface area contributed by atoms with Gasteiger partial charge in [0.15, 0.2) is 0 Å². The predicted octanol–water partition coefficient (Wildman–Crippen LogP) is 12.5. The second-order valence-electron chi connectivity index (χ2n) is 13.3. The molecule has 8 aromatic rings. The van der Waals surface area contributed by atoms with Gasteiger partial charge in [0.2, 0.25) is 0 Å². The number of fused-ring (bicyclic) bond motifs is 3. The number of benzene rings is 7. The Bertz CT molecular complexity index is 2730. The van der Waals surface area contributed by atoms with Gasteiger partial charge in [-0.05, 0) is 102 Å². The van der Waals surface area contributed by atoms with E-state index in [-0.39, 0.29) is 0 Å². The molecule has 0 spiro atoms. The van der Waals surface area contributed by atoms with Crippen molar-refractivity contribution < 1.29 is 0 Å². The third kappa shape index (κ3) is 5.61. The molecule has 0 saturated carbocycles. The number of para-hydroxylation sites is 2. The first-order valence-electron chi connectivity index (χ1n) is 17.5. The van der Waals surface area contributed by atoms with Gasteiger partial charge in [0.05, 0.1) is 11.0 Å². The average molecular weight is 653 g/mol. The molecule has 0 atom stereocenters. The third-order valence-corrected chi connectivity index (χ3v) is 10.2. The minimum absolute atomic E-state index is 0.817. The number of imidazole rings is 1. The van der Waals surface area contributed by atoms with Crippen LogP contribution in [0.2, 0.25) is 0 Å². The molecule has 1 aromatic heterocycles. The summed E-state index contributed by atoms with van der Waals surface area (Å²) in [6, 6.07) is 56.4. The molecule has 2 nitrogen and oxygen atoms in total. The van der Waals surface area contributed by atoms with Gasteiger partial charge in [0.25, 0.3) is 0 Å². The number of allylic oxidation sites excluding steroid dienone is 5. The van der Waals surface area contributed by atoms with E-state index in [9.17, 15) is 0 Å². The van der Waals surface area contributed by atoms with E-state index in [0.29, 0.717) is 0 Å². The van der Waals surface area contributed by atoms with Crippen LogP contribution in [0.15, 0.2) is 188 Å². The van der Waals surface area contributed by atoms with Crippen LogP contribution in [0.3, 0.4) is 0 Å². The van der Waals surface area contributed by atoms with Crippen molar-refractivity contribution in [1.29, 1.82) is 0 Å². The molecular formula is C49H36N2. The largest absolute Gasteiger partial charge is 0.327 e. The molecule has 0 amide bonds. The zero-order valence-electron chi connectivity index (χ0n) is 28.6. The lowest BCUT2D eigenvalue weighted by Crippen LogP contribution is -2.01. The molecule has 9 rings (SSSR count). The Kier molecular flexibility index (Phi) is 7.63. The van der Waals surface area contributed by atoms with Crippen molar-refractivity contribution >= 4 is 49.3 Å². The smallest absolute Gasteiger partial charge is 0.140 e. The van der Waals surface area contributed by atoms with E-state index in [1.807, 2.05) is 6.07 Å². The Morgan fingerprint density at radius 2 is 1.16 bits per heavy atom. The SMILES string of the molecule is C=C(c1ccc2ccccc2c1)c1ccccc1/C(=C1/C=CC(c2ccc(-c3nc4ccccc4n3C)cc2)=CC1)c1ccc2ccccc2c1. The molecular weight excluding hydrogens is 617 g/mol. The lowest BCUT2D eigenvalue weighted by molar-refractivity contribution is 0.959. The van der Waals surface area contributed by atoms with Gasteiger partial charge in [-0.3, -0.25) is 0 Å². The summed E-state index contributed by atoms with van der Waals surface area (Å²) >= 11 is 0. The fraction of sp³-hybridized carbons (Fsp3) is 0.0408. The Morgan fingerprint density at radius 3 is 1.84 bits per heavy atom. The lowest BCUT2D eigenvalue weighted by atomic mass is 9.83. The summed E-state index contributed by atoms with van der Waals surface area (Å²) in [5.41, 5.74) is 13.9. The summed E-state index contributed by atoms with van der Waals surface area (Å²) in [6.45, 7) is 4.67. The molecule has 1 heterocycles. The van der Waals surface area contributed by atoms with Crippen LogP contribution in [0.1, 0.15) is 34.2 Å². The minimum atomic E-state index is 0.817. The summed E-state index contributed by atoms with van der Waals surface area (Å²) in [5.74, 6) is 0.977. The van der Waals surface area contributed by atoms with E-state index in [0.717, 1.165) is 45.5 Å². The fourth-order valence-electron chi connectivity index (χ4n) is 7.52. The summed E-state index contributed by atoms with van der Waals surface area (Å²) in [4.78, 5) is 4.90. The van der Waals surface area contributed by atoms with Crippen molar-refractivity contribution in [2.75, 3.05) is 0 Å². The number of aryl methyl sites for hydroxylation is 1. The zero-order chi connectivity index (χ0) is 34.3. The Labute approximate surface area is 298 Å². The molecule has 0 unspecified atom stereocenters. The number of rotatable bonds is 6. The van der Waals surface area contributed by atoms with Crippen LogP contribution >= 0.6 is 0 Å². The second kappa shape index (κ2) is 12.7. The second-order valence-corrected chi connectivity index (χ2v) is 13.3. The first kappa shape index (κ1) is 30.5. The summed E-state index contributed by atoms with van der Waals surface area (Å²) in [5, 5.41) is 4.92. The van der Waals surface area contributed by atoms with Crippen molar-refractivity contribution in [3.63, 3.8) is 0 Å². The topological polar surface area (TPSA) is 17.8 Å². The molecule has 0 fully saturated rings. The highest BCUT2D eigenvalue weighted by Gasteiger charge is 2.19. The monoisotopic (exact) mass is 652 g/mol. The molecule has 1 aliphatic rings. The predicted molar refractivity (Wildman–Crippen MR) is 216 cm³/mol. The zero-order valence-corrected chi connectivity index (χ0v) is 28.6. The van der Waals surface area contributed by atoms with Crippen LogP contribution in [0.5, 0.6) is 0 Å². The Morgan fingerprint density at radius 1 is 0.569 bits per heavy atom. The maximum Gasteiger partial charge on any atom is 0.140 e. The maximum atomic E-state index is 4.90. The molecule has 242 valence electrons. The van der Waals surface area contributed by atoms with Gasteiger partial charge < -0.3 is 4.57 Å². The number of hydrogen-bond acceptors (Lipinski definition) is 1. The van der Waals surface area contributed by atoms with Gasteiger partial charge in [-0.1, -0.05) is 158 Å². The van der Waals surface area contributed by atoms with E-state index >= 15 is 0 Å². The van der Waals surface area contributed by atoms with E-state index in [4.69, 9.17) is 4.98 Å². The molecule has 1 aliphatic carbocycles. The minimum Gasteiger partial charge on any atom is -0.327 e. The van der Waals surface area contributed by atoms with Gasteiger partial charge in [-0.25, -0.2) is 4.98 Å². The molecule has 51 heavy (non-hydrogen) atoms. The fourth-order valence-corrected chi connectivity index (χ4v) is 7.52. The van der Waals surface area contributed by atoms with Crippen LogP contribution in [-0.2, 0) is 7.05 Å². The molecule has 0 aliphatic heterocycles. The van der Waals surface area contributed by atoms with Crippen molar-refractivity contribution in [3.8, 4) is 11.4 Å². The summed E-state index contributed by atoms with van der Waals surface area (Å²) < 4.78 is 2.17. The van der Waals surface area contributed by atoms with Crippen molar-refractivity contribution in [2.24, 2.45) is 7.05 Å². The van der Waals surface area contributed by atoms with Gasteiger partial charge in [-0.2, -0.15) is 0 Å². The summed E-state index contributed by atoms with van der Waals surface area (Å²) in [7, 11) is 2.08. The highest BCUT2D eigenvalue weighted by molar-refractivity contribution is 5.97. The van der Waals surface area contributed by atoms with Crippen LogP contribution < -0.4 is 0 Å². The molecule has 0 N–H and O–H groups in total. The quantitative estimate of drug-likeness (QED) is 0.175. The summed E-state index contributed by atoms with van der Waals surface area (Å²) in [6.07, 6.45) is 7.76. The van der Waals surface area contributed by atoms with E-state index in [2.05, 4.69) is 188 Å². The van der Waals surface area contributed by atoms with Crippen molar-refractivity contribution in [1.82, 2.24) is 9.55 Å². The standard InChI is InChI=1S/C49H36N2/c1-33(40-29-23-34-11-3-5-13-41(34)31-40)44-15-7-8-16-45(44)48(43-30-24-35-12-4-6-14-42(35)32-43)38-25-19-36(20-26-38)37-21-27-39(28-22-37)49-50-46-17-9-10-18-47(46)51(49)2/h3-25,27-32H,1,26H2,2H3/b48-38-. The van der Waals surface area contributed by atoms with Gasteiger partial charge >= 0.3 is 0 Å². The molecule has 0 bridgehead atoms. The van der Waals surface area contributed by atoms with Crippen LogP contribution in [0.4, 0.5) is 0 Å². The van der Waals surface area contributed by atoms with E-state index in [1.165, 1.54) is 55.0 Å². The van der Waals surface area contributed by atoms with E-state index in [1.54, 1.807) is 0 Å². The van der Waals surface area contributed by atoms with Crippen LogP contribution in [-0.4, -0.2) is 9.55 Å². The third-order valence-electron chi connectivity index (χ3n) is 10.2. The normalized spacial score (nSPS) is 13.9. The van der Waals surface area contributed by atoms with Gasteiger partial charge in [-0.15, -0.1) is 0 Å². The Hall–Kier alpha value is -6.51. The van der Waals surface area contributed by atoms with Gasteiger partial charge in [0, 0.05) is 12.6 Å².